The van der Waals surface area contributed by atoms with Gasteiger partial charge in [-0.1, -0.05) is 19.8 Å². The van der Waals surface area contributed by atoms with Gasteiger partial charge in [-0.3, -0.25) is 4.79 Å². The van der Waals surface area contributed by atoms with Gasteiger partial charge in [0.25, 0.3) is 0 Å². The Labute approximate surface area is 111 Å². The van der Waals surface area contributed by atoms with Gasteiger partial charge in [0.05, 0.1) is 5.56 Å². The number of hydrogen-bond acceptors (Lipinski definition) is 3. The van der Waals surface area contributed by atoms with E-state index in [1.54, 1.807) is 6.92 Å². The van der Waals surface area contributed by atoms with Crippen molar-refractivity contribution < 1.29 is 14.7 Å². The molecule has 0 spiro atoms. The molecule has 1 aromatic rings. The molecule has 0 aliphatic heterocycles. The van der Waals surface area contributed by atoms with Crippen LogP contribution in [0.15, 0.2) is 0 Å². The molecule has 1 amide bonds. The third kappa shape index (κ3) is 3.57. The SMILES string of the molecule is CCCCCC(=O)Nc1sc(C)c(C)c1C(=O)O. The zero-order chi connectivity index (χ0) is 13.7. The van der Waals surface area contributed by atoms with Gasteiger partial charge in [-0.05, 0) is 25.8 Å². The number of hydrogen-bond donors (Lipinski definition) is 2. The highest BCUT2D eigenvalue weighted by molar-refractivity contribution is 7.16. The molecule has 4 nitrogen and oxygen atoms in total. The second kappa shape index (κ2) is 6.54. The van der Waals surface area contributed by atoms with E-state index in [-0.39, 0.29) is 11.5 Å². The number of amides is 1. The van der Waals surface area contributed by atoms with Crippen molar-refractivity contribution in [3.8, 4) is 0 Å². The van der Waals surface area contributed by atoms with E-state index in [0.717, 1.165) is 29.7 Å². The minimum Gasteiger partial charge on any atom is -0.478 e. The molecule has 100 valence electrons. The van der Waals surface area contributed by atoms with Crippen LogP contribution in [0.25, 0.3) is 0 Å². The Kier molecular flexibility index (Phi) is 5.34. The first kappa shape index (κ1) is 14.7. The predicted molar refractivity (Wildman–Crippen MR) is 73.5 cm³/mol. The van der Waals surface area contributed by atoms with Crippen molar-refractivity contribution in [1.82, 2.24) is 0 Å². The van der Waals surface area contributed by atoms with E-state index in [4.69, 9.17) is 5.11 Å². The maximum absolute atomic E-state index is 11.7. The summed E-state index contributed by atoms with van der Waals surface area (Å²) in [6.07, 6.45) is 3.36. The van der Waals surface area contributed by atoms with Crippen LogP contribution in [0.5, 0.6) is 0 Å². The molecule has 5 heteroatoms. The average molecular weight is 269 g/mol. The molecule has 0 aliphatic carbocycles. The normalized spacial score (nSPS) is 10.4. The van der Waals surface area contributed by atoms with E-state index in [0.29, 0.717) is 11.4 Å². The van der Waals surface area contributed by atoms with Gasteiger partial charge in [0.1, 0.15) is 5.00 Å². The fourth-order valence-electron chi connectivity index (χ4n) is 1.70. The summed E-state index contributed by atoms with van der Waals surface area (Å²) in [7, 11) is 0. The molecule has 1 rings (SSSR count). The highest BCUT2D eigenvalue weighted by atomic mass is 32.1. The van der Waals surface area contributed by atoms with Gasteiger partial charge in [-0.15, -0.1) is 11.3 Å². The van der Waals surface area contributed by atoms with E-state index in [2.05, 4.69) is 12.2 Å². The van der Waals surface area contributed by atoms with Crippen LogP contribution in [-0.2, 0) is 4.79 Å². The highest BCUT2D eigenvalue weighted by Gasteiger charge is 2.19. The van der Waals surface area contributed by atoms with Crippen molar-refractivity contribution in [3.63, 3.8) is 0 Å². The second-order valence-corrected chi connectivity index (χ2v) is 5.52. The fraction of sp³-hybridized carbons (Fsp3) is 0.538. The lowest BCUT2D eigenvalue weighted by Gasteiger charge is -2.04. The molecule has 0 radical (unpaired) electrons. The van der Waals surface area contributed by atoms with E-state index in [1.165, 1.54) is 11.3 Å². The third-order valence-electron chi connectivity index (χ3n) is 2.86. The summed E-state index contributed by atoms with van der Waals surface area (Å²) in [5.74, 6) is -1.09. The van der Waals surface area contributed by atoms with Crippen LogP contribution in [0, 0.1) is 13.8 Å². The molecule has 0 bridgehead atoms. The van der Waals surface area contributed by atoms with Crippen LogP contribution in [0.1, 0.15) is 53.4 Å². The van der Waals surface area contributed by atoms with E-state index in [1.807, 2.05) is 6.92 Å². The lowest BCUT2D eigenvalue weighted by molar-refractivity contribution is -0.116. The number of anilines is 1. The maximum Gasteiger partial charge on any atom is 0.338 e. The van der Waals surface area contributed by atoms with Crippen LogP contribution < -0.4 is 5.32 Å². The van der Waals surface area contributed by atoms with Crippen LogP contribution >= 0.6 is 11.3 Å². The quantitative estimate of drug-likeness (QED) is 0.776. The summed E-state index contributed by atoms with van der Waals surface area (Å²) < 4.78 is 0. The summed E-state index contributed by atoms with van der Waals surface area (Å²) in [4.78, 5) is 23.8. The number of unbranched alkanes of at least 4 members (excludes halogenated alkanes) is 2. The van der Waals surface area contributed by atoms with E-state index < -0.39 is 5.97 Å². The van der Waals surface area contributed by atoms with E-state index >= 15 is 0 Å². The predicted octanol–water partition coefficient (Wildman–Crippen LogP) is 3.58. The Morgan fingerprint density at radius 2 is 1.94 bits per heavy atom. The lowest BCUT2D eigenvalue weighted by atomic mass is 10.1. The van der Waals surface area contributed by atoms with Crippen LogP contribution in [0.3, 0.4) is 0 Å². The summed E-state index contributed by atoms with van der Waals surface area (Å²) >= 11 is 1.32. The van der Waals surface area contributed by atoms with Crippen LogP contribution in [0.4, 0.5) is 5.00 Å². The second-order valence-electron chi connectivity index (χ2n) is 4.30. The first-order valence-electron chi connectivity index (χ1n) is 6.10. The third-order valence-corrected chi connectivity index (χ3v) is 3.98. The van der Waals surface area contributed by atoms with Gasteiger partial charge in [0.15, 0.2) is 0 Å². The Bertz CT molecular complexity index is 451. The number of thiophene rings is 1. The van der Waals surface area contributed by atoms with Gasteiger partial charge in [-0.25, -0.2) is 4.79 Å². The summed E-state index contributed by atoms with van der Waals surface area (Å²) in [6, 6.07) is 0. The first-order chi connectivity index (χ1) is 8.47. The average Bonchev–Trinajstić information content (AvgIpc) is 2.54. The molecule has 0 fully saturated rings. The highest BCUT2D eigenvalue weighted by Crippen LogP contribution is 2.32. The van der Waals surface area contributed by atoms with Gasteiger partial charge < -0.3 is 10.4 Å². The summed E-state index contributed by atoms with van der Waals surface area (Å²) in [6.45, 7) is 5.70. The number of carboxylic acid groups (broad SMARTS) is 1. The smallest absolute Gasteiger partial charge is 0.338 e. The molecule has 1 heterocycles. The maximum atomic E-state index is 11.7. The van der Waals surface area contributed by atoms with Gasteiger partial charge in [-0.2, -0.15) is 0 Å². The molecule has 1 aromatic heterocycles. The van der Waals surface area contributed by atoms with Crippen molar-refractivity contribution in [3.05, 3.63) is 16.0 Å². The van der Waals surface area contributed by atoms with Crippen LogP contribution in [0.2, 0.25) is 0 Å². The molecule has 2 N–H and O–H groups in total. The minimum atomic E-state index is -0.985. The van der Waals surface area contributed by atoms with Crippen LogP contribution in [-0.4, -0.2) is 17.0 Å². The largest absolute Gasteiger partial charge is 0.478 e. The molecular weight excluding hydrogens is 250 g/mol. The zero-order valence-corrected chi connectivity index (χ0v) is 11.8. The van der Waals surface area contributed by atoms with Crippen molar-refractivity contribution in [2.45, 2.75) is 46.5 Å². The topological polar surface area (TPSA) is 66.4 Å². The zero-order valence-electron chi connectivity index (χ0n) is 11.0. The molecule has 0 saturated carbocycles. The molecular formula is C13H19NO3S. The van der Waals surface area contributed by atoms with Crippen molar-refractivity contribution >= 4 is 28.2 Å². The molecule has 18 heavy (non-hydrogen) atoms. The number of carboxylic acids is 1. The van der Waals surface area contributed by atoms with Gasteiger partial charge >= 0.3 is 5.97 Å². The Hall–Kier alpha value is -1.36. The number of nitrogens with one attached hydrogen (secondary N) is 1. The van der Waals surface area contributed by atoms with Crippen molar-refractivity contribution in [2.24, 2.45) is 0 Å². The summed E-state index contributed by atoms with van der Waals surface area (Å²) in [5, 5.41) is 12.3. The number of aryl methyl sites for hydroxylation is 1. The Morgan fingerprint density at radius 1 is 1.28 bits per heavy atom. The molecule has 0 aromatic carbocycles. The van der Waals surface area contributed by atoms with Gasteiger partial charge in [0, 0.05) is 11.3 Å². The Morgan fingerprint density at radius 3 is 2.50 bits per heavy atom. The molecule has 0 aliphatic rings. The fourth-order valence-corrected chi connectivity index (χ4v) is 2.77. The Balaban J connectivity index is 2.75. The summed E-state index contributed by atoms with van der Waals surface area (Å²) in [5.41, 5.74) is 0.956. The minimum absolute atomic E-state index is 0.104. The van der Waals surface area contributed by atoms with E-state index in [9.17, 15) is 9.59 Å². The van der Waals surface area contributed by atoms with Crippen molar-refractivity contribution in [1.29, 1.82) is 0 Å². The number of aromatic carboxylic acids is 1. The molecule has 0 saturated heterocycles. The van der Waals surface area contributed by atoms with Crippen molar-refractivity contribution in [2.75, 3.05) is 5.32 Å². The lowest BCUT2D eigenvalue weighted by Crippen LogP contribution is -2.12. The van der Waals surface area contributed by atoms with Gasteiger partial charge in [0.2, 0.25) is 5.91 Å². The molecule has 0 unspecified atom stereocenters. The number of rotatable bonds is 6. The first-order valence-corrected chi connectivity index (χ1v) is 6.92. The monoisotopic (exact) mass is 269 g/mol. The standard InChI is InChI=1S/C13H19NO3S/c1-4-5-6-7-10(15)14-12-11(13(16)17)8(2)9(3)18-12/h4-7H2,1-3H3,(H,14,15)(H,16,17). The number of carbonyl (C=O) groups is 2. The number of carbonyl (C=O) groups excluding carboxylic acids is 1. The molecule has 0 atom stereocenters.